The van der Waals surface area contributed by atoms with E-state index in [2.05, 4.69) is 19.3 Å². The first-order chi connectivity index (χ1) is 7.74. The summed E-state index contributed by atoms with van der Waals surface area (Å²) < 4.78 is 11.1. The quantitative estimate of drug-likeness (QED) is 0.537. The molecule has 1 heterocycles. The third kappa shape index (κ3) is 2.56. The molecule has 0 aromatic rings. The minimum atomic E-state index is -0.235. The maximum atomic E-state index is 5.70. The van der Waals surface area contributed by atoms with Gasteiger partial charge in [-0.15, -0.1) is 0 Å². The Balaban J connectivity index is 2.89. The number of rotatable bonds is 6. The normalized spacial score (nSPS) is 18.9. The molecule has 0 fully saturated rings. The van der Waals surface area contributed by atoms with Crippen molar-refractivity contribution in [3.05, 3.63) is 11.8 Å². The number of nitrogens with two attached hydrogens (primary N) is 1. The highest BCUT2D eigenvalue weighted by Gasteiger charge is 2.38. The zero-order chi connectivity index (χ0) is 12.0. The number of nitrogens with one attached hydrogen (secondary N) is 1. The number of hydrogen-bond acceptors (Lipinski definition) is 4. The van der Waals surface area contributed by atoms with Gasteiger partial charge in [-0.3, -0.25) is 11.3 Å². The van der Waals surface area contributed by atoms with E-state index >= 15 is 0 Å². The van der Waals surface area contributed by atoms with Gasteiger partial charge < -0.3 is 9.47 Å². The summed E-state index contributed by atoms with van der Waals surface area (Å²) in [6.07, 6.45) is 5.77. The van der Waals surface area contributed by atoms with Crippen LogP contribution >= 0.6 is 0 Å². The van der Waals surface area contributed by atoms with E-state index in [1.165, 1.54) is 5.57 Å². The lowest BCUT2D eigenvalue weighted by Gasteiger charge is -2.39. The summed E-state index contributed by atoms with van der Waals surface area (Å²) in [6.45, 7) is 5.06. The summed E-state index contributed by atoms with van der Waals surface area (Å²) in [6, 6.07) is 0.0350. The van der Waals surface area contributed by atoms with Crippen molar-refractivity contribution in [1.29, 1.82) is 0 Å². The topological polar surface area (TPSA) is 56.5 Å². The van der Waals surface area contributed by atoms with Crippen LogP contribution in [0.4, 0.5) is 0 Å². The number of hydrogen-bond donors (Lipinski definition) is 2. The van der Waals surface area contributed by atoms with E-state index < -0.39 is 0 Å². The molecule has 0 saturated carbocycles. The van der Waals surface area contributed by atoms with E-state index in [4.69, 9.17) is 15.3 Å². The van der Waals surface area contributed by atoms with Crippen molar-refractivity contribution in [1.82, 2.24) is 5.43 Å². The lowest BCUT2D eigenvalue weighted by Crippen LogP contribution is -2.55. The monoisotopic (exact) mass is 228 g/mol. The van der Waals surface area contributed by atoms with Gasteiger partial charge in [0, 0.05) is 7.11 Å². The third-order valence-electron chi connectivity index (χ3n) is 3.63. The van der Waals surface area contributed by atoms with Crippen molar-refractivity contribution in [3.8, 4) is 0 Å². The largest absolute Gasteiger partial charge is 0.501 e. The molecule has 1 atom stereocenters. The maximum Gasteiger partial charge on any atom is 0.0878 e. The van der Waals surface area contributed by atoms with Crippen LogP contribution in [0.1, 0.15) is 39.5 Å². The van der Waals surface area contributed by atoms with E-state index in [0.717, 1.165) is 32.3 Å². The van der Waals surface area contributed by atoms with Gasteiger partial charge in [0.25, 0.3) is 0 Å². The molecule has 1 aliphatic rings. The fourth-order valence-electron chi connectivity index (χ4n) is 2.46. The molecule has 3 N–H and O–H groups in total. The summed E-state index contributed by atoms with van der Waals surface area (Å²) in [5.74, 6) is 5.69. The lowest BCUT2D eigenvalue weighted by atomic mass is 9.82. The third-order valence-corrected chi connectivity index (χ3v) is 3.63. The summed E-state index contributed by atoms with van der Waals surface area (Å²) in [4.78, 5) is 0. The zero-order valence-electron chi connectivity index (χ0n) is 10.6. The average Bonchev–Trinajstić information content (AvgIpc) is 2.37. The van der Waals surface area contributed by atoms with E-state index in [1.807, 2.05) is 6.26 Å². The summed E-state index contributed by atoms with van der Waals surface area (Å²) in [5.41, 5.74) is 3.87. The van der Waals surface area contributed by atoms with Crippen LogP contribution in [-0.4, -0.2) is 25.4 Å². The molecule has 0 aliphatic carbocycles. The smallest absolute Gasteiger partial charge is 0.0878 e. The van der Waals surface area contributed by atoms with Crippen molar-refractivity contribution in [2.75, 3.05) is 13.7 Å². The van der Waals surface area contributed by atoms with Crippen LogP contribution < -0.4 is 11.3 Å². The lowest BCUT2D eigenvalue weighted by molar-refractivity contribution is -0.0402. The first kappa shape index (κ1) is 13.5. The summed E-state index contributed by atoms with van der Waals surface area (Å²) in [5, 5.41) is 0. The molecule has 1 rings (SSSR count). The standard InChI is InChI=1S/C12H24N2O2/c1-4-12(5-2,15-3)11(14-13)10-7-6-8-16-9-10/h9,11,14H,4-8,13H2,1-3H3. The first-order valence-electron chi connectivity index (χ1n) is 6.05. The molecule has 0 amide bonds. The molecule has 1 aliphatic heterocycles. The van der Waals surface area contributed by atoms with E-state index in [9.17, 15) is 0 Å². The second-order valence-electron chi connectivity index (χ2n) is 4.24. The SMILES string of the molecule is CCC(CC)(OC)C(NN)C1=COCCC1. The van der Waals surface area contributed by atoms with Crippen molar-refractivity contribution in [2.24, 2.45) is 5.84 Å². The Morgan fingerprint density at radius 1 is 1.56 bits per heavy atom. The fraction of sp³-hybridized carbons (Fsp3) is 0.833. The van der Waals surface area contributed by atoms with Crippen LogP contribution in [0.15, 0.2) is 11.8 Å². The van der Waals surface area contributed by atoms with Gasteiger partial charge >= 0.3 is 0 Å². The summed E-state index contributed by atoms with van der Waals surface area (Å²) in [7, 11) is 1.75. The van der Waals surface area contributed by atoms with Gasteiger partial charge in [-0.05, 0) is 31.3 Å². The molecule has 0 spiro atoms. The van der Waals surface area contributed by atoms with Crippen LogP contribution in [-0.2, 0) is 9.47 Å². The van der Waals surface area contributed by atoms with E-state index in [0.29, 0.717) is 0 Å². The van der Waals surface area contributed by atoms with Gasteiger partial charge in [-0.2, -0.15) is 0 Å². The van der Waals surface area contributed by atoms with Gasteiger partial charge in [0.05, 0.1) is 24.5 Å². The molecule has 1 unspecified atom stereocenters. The number of methoxy groups -OCH3 is 1. The molecule has 0 aromatic carbocycles. The fourth-order valence-corrected chi connectivity index (χ4v) is 2.46. The van der Waals surface area contributed by atoms with Gasteiger partial charge in [0.15, 0.2) is 0 Å². The van der Waals surface area contributed by atoms with Crippen LogP contribution in [0.2, 0.25) is 0 Å². The Hall–Kier alpha value is -0.580. The molecule has 16 heavy (non-hydrogen) atoms. The molecule has 0 saturated heterocycles. The number of hydrazine groups is 1. The Bertz CT molecular complexity index is 229. The van der Waals surface area contributed by atoms with Crippen molar-refractivity contribution < 1.29 is 9.47 Å². The molecular weight excluding hydrogens is 204 g/mol. The van der Waals surface area contributed by atoms with E-state index in [-0.39, 0.29) is 11.6 Å². The predicted molar refractivity (Wildman–Crippen MR) is 64.7 cm³/mol. The molecular formula is C12H24N2O2. The molecule has 4 nitrogen and oxygen atoms in total. The molecule has 0 radical (unpaired) electrons. The van der Waals surface area contributed by atoms with Crippen LogP contribution in [0.25, 0.3) is 0 Å². The zero-order valence-corrected chi connectivity index (χ0v) is 10.6. The second kappa shape index (κ2) is 6.23. The van der Waals surface area contributed by atoms with Gasteiger partial charge in [-0.25, -0.2) is 0 Å². The minimum Gasteiger partial charge on any atom is -0.501 e. The Morgan fingerprint density at radius 2 is 2.25 bits per heavy atom. The molecule has 94 valence electrons. The predicted octanol–water partition coefficient (Wildman–Crippen LogP) is 1.72. The highest BCUT2D eigenvalue weighted by atomic mass is 16.5. The van der Waals surface area contributed by atoms with E-state index in [1.54, 1.807) is 7.11 Å². The molecule has 4 heteroatoms. The highest BCUT2D eigenvalue weighted by Crippen LogP contribution is 2.31. The number of ether oxygens (including phenoxy) is 2. The van der Waals surface area contributed by atoms with Crippen LogP contribution in [0.5, 0.6) is 0 Å². The Morgan fingerprint density at radius 3 is 2.62 bits per heavy atom. The van der Waals surface area contributed by atoms with Crippen molar-refractivity contribution >= 4 is 0 Å². The summed E-state index contributed by atoms with van der Waals surface area (Å²) >= 11 is 0. The maximum absolute atomic E-state index is 5.70. The van der Waals surface area contributed by atoms with Gasteiger partial charge in [0.1, 0.15) is 0 Å². The van der Waals surface area contributed by atoms with Crippen LogP contribution in [0, 0.1) is 0 Å². The molecule has 0 aromatic heterocycles. The van der Waals surface area contributed by atoms with Crippen molar-refractivity contribution in [2.45, 2.75) is 51.2 Å². The second-order valence-corrected chi connectivity index (χ2v) is 4.24. The Labute approximate surface area is 98.1 Å². The van der Waals surface area contributed by atoms with Crippen LogP contribution in [0.3, 0.4) is 0 Å². The Kier molecular flexibility index (Phi) is 5.25. The first-order valence-corrected chi connectivity index (χ1v) is 6.05. The van der Waals surface area contributed by atoms with Crippen molar-refractivity contribution in [3.63, 3.8) is 0 Å². The van der Waals surface area contributed by atoms with Gasteiger partial charge in [0.2, 0.25) is 0 Å². The minimum absolute atomic E-state index is 0.0350. The molecule has 0 bridgehead atoms. The average molecular weight is 228 g/mol. The van der Waals surface area contributed by atoms with Gasteiger partial charge in [-0.1, -0.05) is 13.8 Å². The highest BCUT2D eigenvalue weighted by molar-refractivity contribution is 5.16.